The summed E-state index contributed by atoms with van der Waals surface area (Å²) in [7, 11) is -1.50. The number of hydrogen-bond donors (Lipinski definition) is 3. The van der Waals surface area contributed by atoms with E-state index in [1.807, 2.05) is 0 Å². The second kappa shape index (κ2) is 9.22. The van der Waals surface area contributed by atoms with Gasteiger partial charge in [-0.2, -0.15) is 0 Å². The summed E-state index contributed by atoms with van der Waals surface area (Å²) >= 11 is 1.18. The van der Waals surface area contributed by atoms with Gasteiger partial charge < -0.3 is 24.7 Å². The Hall–Kier alpha value is -2.57. The summed E-state index contributed by atoms with van der Waals surface area (Å²) in [6, 6.07) is 3.25. The minimum atomic E-state index is -1.50. The van der Waals surface area contributed by atoms with Gasteiger partial charge in [-0.3, -0.25) is 9.59 Å². The summed E-state index contributed by atoms with van der Waals surface area (Å²) < 4.78 is 5.14. The first-order valence-corrected chi connectivity index (χ1v) is 8.37. The molecule has 138 valence electrons. The van der Waals surface area contributed by atoms with E-state index in [0.29, 0.717) is 4.88 Å². The number of hydrogen-bond acceptors (Lipinski definition) is 8. The minimum absolute atomic E-state index is 0.0409. The van der Waals surface area contributed by atoms with E-state index in [4.69, 9.17) is 14.9 Å². The number of carboxylic acids is 2. The first-order valence-electron chi connectivity index (χ1n) is 7.49. The number of thiophene rings is 1. The van der Waals surface area contributed by atoms with Crippen LogP contribution in [-0.2, 0) is 23.9 Å². The van der Waals surface area contributed by atoms with Crippen molar-refractivity contribution in [3.05, 3.63) is 22.4 Å². The van der Waals surface area contributed by atoms with Crippen LogP contribution in [0.5, 0.6) is 0 Å². The van der Waals surface area contributed by atoms with Crippen LogP contribution >= 0.6 is 11.3 Å². The van der Waals surface area contributed by atoms with Crippen LogP contribution in [0.25, 0.3) is 0 Å². The van der Waals surface area contributed by atoms with Gasteiger partial charge in [0.2, 0.25) is 6.61 Å². The lowest BCUT2D eigenvalue weighted by atomic mass is 9.75. The molecule has 1 fully saturated rings. The molecule has 2 rings (SSSR count). The fourth-order valence-electron chi connectivity index (χ4n) is 2.16. The molecule has 1 aliphatic rings. The number of carbonyl (C=O) groups is 3. The van der Waals surface area contributed by atoms with Crippen molar-refractivity contribution in [3.8, 4) is 0 Å². The molecule has 3 N–H and O–H groups in total. The maximum absolute atomic E-state index is 12.4. The molecule has 0 saturated carbocycles. The SMILES string of the molecule is O=C(O)CO/N=C(/C(=O)N=C1CC[C@@H](CC(=O)O)OB1O)c1cccs1. The van der Waals surface area contributed by atoms with Crippen molar-refractivity contribution in [1.82, 2.24) is 0 Å². The molecule has 1 atom stereocenters. The number of aliphatic carboxylic acids is 2. The second-order valence-corrected chi connectivity index (χ2v) is 6.19. The number of carbonyl (C=O) groups excluding carboxylic acids is 1. The number of amides is 1. The van der Waals surface area contributed by atoms with Crippen LogP contribution in [-0.4, -0.2) is 64.2 Å². The predicted octanol–water partition coefficient (Wildman–Crippen LogP) is 0.194. The van der Waals surface area contributed by atoms with E-state index in [9.17, 15) is 19.4 Å². The van der Waals surface area contributed by atoms with Gasteiger partial charge in [0.1, 0.15) is 0 Å². The largest absolute Gasteiger partial charge is 0.506 e. The second-order valence-electron chi connectivity index (χ2n) is 5.24. The predicted molar refractivity (Wildman–Crippen MR) is 91.2 cm³/mol. The molecule has 12 heteroatoms. The van der Waals surface area contributed by atoms with Crippen molar-refractivity contribution in [2.24, 2.45) is 10.1 Å². The average Bonchev–Trinajstić information content (AvgIpc) is 3.07. The quantitative estimate of drug-likeness (QED) is 0.343. The van der Waals surface area contributed by atoms with Crippen LogP contribution in [0.4, 0.5) is 0 Å². The minimum Gasteiger partial charge on any atom is -0.481 e. The molecule has 1 aromatic rings. The van der Waals surface area contributed by atoms with E-state index < -0.39 is 37.7 Å². The standard InChI is InChI=1S/C14H15BN2O8S/c18-11(19)6-8-3-4-10(15(23)25-8)16-14(22)13(9-2-1-5-26-9)17-24-7-12(20)21/h1-2,5,8,23H,3-4,6-7H2,(H,18,19)(H,20,21)/b16-10?,17-13+/t8-/m0/s1. The third-order valence-electron chi connectivity index (χ3n) is 3.28. The summed E-state index contributed by atoms with van der Waals surface area (Å²) in [6.07, 6.45) is -0.459. The van der Waals surface area contributed by atoms with Crippen molar-refractivity contribution in [1.29, 1.82) is 0 Å². The Morgan fingerprint density at radius 3 is 2.69 bits per heavy atom. The normalized spacial score (nSPS) is 19.4. The van der Waals surface area contributed by atoms with E-state index in [1.165, 1.54) is 11.3 Å². The fourth-order valence-corrected chi connectivity index (χ4v) is 2.85. The summed E-state index contributed by atoms with van der Waals surface area (Å²) in [5.41, 5.74) is -0.160. The lowest BCUT2D eigenvalue weighted by Gasteiger charge is -2.24. The third-order valence-corrected chi connectivity index (χ3v) is 4.15. The highest BCUT2D eigenvalue weighted by atomic mass is 32.1. The van der Waals surface area contributed by atoms with Gasteiger partial charge in [0.05, 0.1) is 23.0 Å². The van der Waals surface area contributed by atoms with Gasteiger partial charge in [0.25, 0.3) is 5.91 Å². The van der Waals surface area contributed by atoms with Gasteiger partial charge in [-0.25, -0.2) is 9.79 Å². The lowest BCUT2D eigenvalue weighted by Crippen LogP contribution is -2.41. The van der Waals surface area contributed by atoms with Gasteiger partial charge in [0.15, 0.2) is 5.71 Å². The molecule has 0 unspecified atom stereocenters. The lowest BCUT2D eigenvalue weighted by molar-refractivity contribution is -0.142. The van der Waals surface area contributed by atoms with Gasteiger partial charge in [0, 0.05) is 0 Å². The Morgan fingerprint density at radius 1 is 1.35 bits per heavy atom. The van der Waals surface area contributed by atoms with E-state index in [-0.39, 0.29) is 30.6 Å². The van der Waals surface area contributed by atoms with Crippen LogP contribution in [0.2, 0.25) is 0 Å². The van der Waals surface area contributed by atoms with Crippen molar-refractivity contribution in [2.75, 3.05) is 6.61 Å². The number of carboxylic acid groups (broad SMARTS) is 2. The Morgan fingerprint density at radius 2 is 2.12 bits per heavy atom. The molecule has 0 radical (unpaired) electrons. The van der Waals surface area contributed by atoms with E-state index in [1.54, 1.807) is 17.5 Å². The highest BCUT2D eigenvalue weighted by Gasteiger charge is 2.33. The molecule has 1 aromatic heterocycles. The first kappa shape index (κ1) is 19.8. The van der Waals surface area contributed by atoms with Crippen LogP contribution in [0.3, 0.4) is 0 Å². The summed E-state index contributed by atoms with van der Waals surface area (Å²) in [4.78, 5) is 42.4. The highest BCUT2D eigenvalue weighted by Crippen LogP contribution is 2.18. The summed E-state index contributed by atoms with van der Waals surface area (Å²) in [5, 5.41) is 32.5. The molecule has 1 amide bonds. The van der Waals surface area contributed by atoms with Crippen molar-refractivity contribution >= 4 is 47.6 Å². The molecule has 10 nitrogen and oxygen atoms in total. The molecule has 2 heterocycles. The smallest absolute Gasteiger partial charge is 0.481 e. The molecule has 0 aliphatic carbocycles. The van der Waals surface area contributed by atoms with E-state index >= 15 is 0 Å². The monoisotopic (exact) mass is 382 g/mol. The fraction of sp³-hybridized carbons (Fsp3) is 0.357. The van der Waals surface area contributed by atoms with Crippen molar-refractivity contribution in [2.45, 2.75) is 25.4 Å². The van der Waals surface area contributed by atoms with E-state index in [0.717, 1.165) is 0 Å². The number of oxime groups is 1. The Kier molecular flexibility index (Phi) is 7.01. The van der Waals surface area contributed by atoms with Crippen molar-refractivity contribution < 1.29 is 39.1 Å². The van der Waals surface area contributed by atoms with E-state index in [2.05, 4.69) is 15.0 Å². The first-order chi connectivity index (χ1) is 12.4. The molecular formula is C14H15BN2O8S. The zero-order valence-electron chi connectivity index (χ0n) is 13.4. The molecular weight excluding hydrogens is 367 g/mol. The maximum Gasteiger partial charge on any atom is 0.506 e. The topological polar surface area (TPSA) is 155 Å². The molecule has 26 heavy (non-hydrogen) atoms. The molecule has 1 aliphatic heterocycles. The molecule has 0 spiro atoms. The van der Waals surface area contributed by atoms with Crippen LogP contribution in [0.1, 0.15) is 24.1 Å². The number of aliphatic imine (C=N–C) groups is 1. The Balaban J connectivity index is 2.12. The van der Waals surface area contributed by atoms with Crippen LogP contribution in [0, 0.1) is 0 Å². The van der Waals surface area contributed by atoms with Crippen LogP contribution < -0.4 is 0 Å². The third kappa shape index (κ3) is 5.76. The maximum atomic E-state index is 12.4. The zero-order valence-corrected chi connectivity index (χ0v) is 14.2. The zero-order chi connectivity index (χ0) is 19.1. The molecule has 1 saturated heterocycles. The van der Waals surface area contributed by atoms with Gasteiger partial charge in [-0.05, 0) is 24.3 Å². The Bertz CT molecular complexity index is 733. The summed E-state index contributed by atoms with van der Waals surface area (Å²) in [5.74, 6) is -3.13. The van der Waals surface area contributed by atoms with Crippen LogP contribution in [0.15, 0.2) is 27.7 Å². The van der Waals surface area contributed by atoms with Gasteiger partial charge >= 0.3 is 19.1 Å². The summed E-state index contributed by atoms with van der Waals surface area (Å²) in [6.45, 7) is -0.721. The number of rotatable bonds is 7. The van der Waals surface area contributed by atoms with Crippen molar-refractivity contribution in [3.63, 3.8) is 0 Å². The van der Waals surface area contributed by atoms with Gasteiger partial charge in [-0.1, -0.05) is 11.2 Å². The number of nitrogens with zero attached hydrogens (tertiary/aromatic N) is 2. The van der Waals surface area contributed by atoms with Gasteiger partial charge in [-0.15, -0.1) is 11.3 Å². The molecule has 0 aromatic carbocycles. The average molecular weight is 382 g/mol. The Labute approximate surface area is 151 Å². The molecule has 0 bridgehead atoms. The highest BCUT2D eigenvalue weighted by molar-refractivity contribution is 7.13.